The topological polar surface area (TPSA) is 58.5 Å². The second kappa shape index (κ2) is 4.17. The molecule has 1 aromatic rings. The minimum absolute atomic E-state index is 0.0755. The highest BCUT2D eigenvalue weighted by molar-refractivity contribution is 6.29. The van der Waals surface area contributed by atoms with Crippen LogP contribution in [0.25, 0.3) is 0 Å². The van der Waals surface area contributed by atoms with Crippen molar-refractivity contribution in [2.24, 2.45) is 11.0 Å². The maximum Gasteiger partial charge on any atom is 0.257 e. The van der Waals surface area contributed by atoms with Gasteiger partial charge in [0.15, 0.2) is 11.0 Å². The molecule has 0 fully saturated rings. The van der Waals surface area contributed by atoms with Crippen LogP contribution >= 0.6 is 11.6 Å². The summed E-state index contributed by atoms with van der Waals surface area (Å²) in [5.74, 6) is 0.153. The summed E-state index contributed by atoms with van der Waals surface area (Å²) < 4.78 is 0. The zero-order valence-electron chi connectivity index (χ0n) is 9.01. The van der Waals surface area contributed by atoms with Crippen molar-refractivity contribution in [1.29, 1.82) is 0 Å². The fourth-order valence-electron chi connectivity index (χ4n) is 1.55. The number of amides is 1. The van der Waals surface area contributed by atoms with Gasteiger partial charge in [0, 0.05) is 0 Å². The van der Waals surface area contributed by atoms with Crippen molar-refractivity contribution in [3.05, 3.63) is 17.3 Å². The van der Waals surface area contributed by atoms with E-state index in [0.717, 1.165) is 12.1 Å². The Hall–Kier alpha value is -1.49. The second-order valence-electron chi connectivity index (χ2n) is 3.53. The first kappa shape index (κ1) is 11.0. The van der Waals surface area contributed by atoms with Crippen LogP contribution in [0, 0.1) is 5.92 Å². The molecule has 2 heterocycles. The van der Waals surface area contributed by atoms with Crippen LogP contribution in [0.1, 0.15) is 20.3 Å². The van der Waals surface area contributed by atoms with Crippen LogP contribution in [0.5, 0.6) is 0 Å². The summed E-state index contributed by atoms with van der Waals surface area (Å²) in [6.07, 6.45) is 0.754. The van der Waals surface area contributed by atoms with Crippen molar-refractivity contribution in [2.75, 3.05) is 5.01 Å². The van der Waals surface area contributed by atoms with Gasteiger partial charge in [0.2, 0.25) is 0 Å². The van der Waals surface area contributed by atoms with E-state index in [1.807, 2.05) is 13.8 Å². The van der Waals surface area contributed by atoms with E-state index in [4.69, 9.17) is 11.6 Å². The lowest BCUT2D eigenvalue weighted by Gasteiger charge is -2.10. The average molecular weight is 239 g/mol. The molecular weight excluding hydrogens is 228 g/mol. The van der Waals surface area contributed by atoms with E-state index in [2.05, 4.69) is 15.3 Å². The molecule has 0 radical (unpaired) electrons. The van der Waals surface area contributed by atoms with Gasteiger partial charge in [0.05, 0.1) is 11.6 Å². The van der Waals surface area contributed by atoms with E-state index >= 15 is 0 Å². The summed E-state index contributed by atoms with van der Waals surface area (Å²) in [6.45, 7) is 3.81. The summed E-state index contributed by atoms with van der Waals surface area (Å²) in [6, 6.07) is 3.21. The van der Waals surface area contributed by atoms with Crippen LogP contribution in [-0.4, -0.2) is 21.8 Å². The lowest BCUT2D eigenvalue weighted by atomic mass is 10.0. The number of aromatic nitrogens is 2. The third kappa shape index (κ3) is 1.78. The van der Waals surface area contributed by atoms with Crippen molar-refractivity contribution < 1.29 is 4.79 Å². The molecule has 1 atom stereocenters. The van der Waals surface area contributed by atoms with E-state index in [9.17, 15) is 4.79 Å². The number of hydrogen-bond acceptors (Lipinski definition) is 4. The molecule has 5 nitrogen and oxygen atoms in total. The van der Waals surface area contributed by atoms with E-state index in [0.29, 0.717) is 11.0 Å². The van der Waals surface area contributed by atoms with Crippen LogP contribution in [-0.2, 0) is 4.79 Å². The molecule has 0 aliphatic carbocycles. The number of anilines is 1. The highest BCUT2D eigenvalue weighted by Crippen LogP contribution is 2.22. The van der Waals surface area contributed by atoms with Gasteiger partial charge in [-0.25, -0.2) is 0 Å². The third-order valence-corrected chi connectivity index (χ3v) is 2.71. The summed E-state index contributed by atoms with van der Waals surface area (Å²) in [4.78, 5) is 11.9. The Labute approximate surface area is 98.1 Å². The molecule has 2 rings (SSSR count). The number of halogens is 1. The highest BCUT2D eigenvalue weighted by Gasteiger charge is 2.32. The Morgan fingerprint density at radius 2 is 2.19 bits per heavy atom. The fourth-order valence-corrected chi connectivity index (χ4v) is 1.65. The van der Waals surface area contributed by atoms with Crippen molar-refractivity contribution in [1.82, 2.24) is 10.2 Å². The van der Waals surface area contributed by atoms with Gasteiger partial charge in [0.25, 0.3) is 5.91 Å². The molecule has 1 aliphatic rings. The van der Waals surface area contributed by atoms with E-state index < -0.39 is 0 Å². The number of carbonyl (C=O) groups excluding carboxylic acids is 1. The van der Waals surface area contributed by atoms with Crippen molar-refractivity contribution in [3.63, 3.8) is 0 Å². The van der Waals surface area contributed by atoms with E-state index in [-0.39, 0.29) is 11.8 Å². The molecule has 0 spiro atoms. The first-order valence-electron chi connectivity index (χ1n) is 5.04. The van der Waals surface area contributed by atoms with E-state index in [1.165, 1.54) is 5.01 Å². The second-order valence-corrected chi connectivity index (χ2v) is 3.92. The largest absolute Gasteiger partial charge is 0.272 e. The lowest BCUT2D eigenvalue weighted by molar-refractivity contribution is -0.119. The fraction of sp³-hybridized carbons (Fsp3) is 0.400. The van der Waals surface area contributed by atoms with Crippen molar-refractivity contribution in [2.45, 2.75) is 20.3 Å². The number of hydrogen-bond donors (Lipinski definition) is 0. The van der Waals surface area contributed by atoms with Crippen LogP contribution in [0.2, 0.25) is 5.15 Å². The number of rotatable bonds is 2. The quantitative estimate of drug-likeness (QED) is 0.791. The Balaban J connectivity index is 2.32. The Kier molecular flexibility index (Phi) is 2.87. The molecule has 1 unspecified atom stereocenters. The predicted molar refractivity (Wildman–Crippen MR) is 61.4 cm³/mol. The molecule has 0 saturated heterocycles. The Morgan fingerprint density at radius 1 is 1.44 bits per heavy atom. The van der Waals surface area contributed by atoms with Crippen LogP contribution < -0.4 is 5.01 Å². The van der Waals surface area contributed by atoms with Gasteiger partial charge in [-0.2, -0.15) is 10.1 Å². The molecule has 0 N–H and O–H groups in total. The van der Waals surface area contributed by atoms with Gasteiger partial charge in [-0.1, -0.05) is 18.5 Å². The SMILES string of the molecule is CCC1=NN(c2ccc(Cl)nn2)C(=O)C1C. The lowest BCUT2D eigenvalue weighted by Crippen LogP contribution is -2.26. The molecule has 16 heavy (non-hydrogen) atoms. The van der Waals surface area contributed by atoms with Gasteiger partial charge in [-0.15, -0.1) is 10.2 Å². The van der Waals surface area contributed by atoms with Crippen LogP contribution in [0.4, 0.5) is 5.82 Å². The first-order chi connectivity index (χ1) is 7.63. The number of carbonyl (C=O) groups is 1. The summed E-state index contributed by atoms with van der Waals surface area (Å²) in [5.41, 5.74) is 0.863. The molecular formula is C10H11ClN4O. The molecule has 6 heteroatoms. The normalized spacial score (nSPS) is 20.2. The van der Waals surface area contributed by atoms with Crippen LogP contribution in [0.3, 0.4) is 0 Å². The standard InChI is InChI=1S/C10H11ClN4O/c1-3-7-6(2)10(16)15(14-7)9-5-4-8(11)12-13-9/h4-6H,3H2,1-2H3. The molecule has 0 bridgehead atoms. The smallest absolute Gasteiger partial charge is 0.257 e. The van der Waals surface area contributed by atoms with Crippen molar-refractivity contribution >= 4 is 29.0 Å². The minimum atomic E-state index is -0.178. The molecule has 0 saturated carbocycles. The highest BCUT2D eigenvalue weighted by atomic mass is 35.5. The Morgan fingerprint density at radius 3 is 2.69 bits per heavy atom. The first-order valence-corrected chi connectivity index (χ1v) is 5.42. The monoisotopic (exact) mass is 238 g/mol. The van der Waals surface area contributed by atoms with Crippen LogP contribution in [0.15, 0.2) is 17.2 Å². The van der Waals surface area contributed by atoms with Gasteiger partial charge in [-0.3, -0.25) is 4.79 Å². The molecule has 84 valence electrons. The van der Waals surface area contributed by atoms with Gasteiger partial charge >= 0.3 is 0 Å². The number of hydrazone groups is 1. The zero-order chi connectivity index (χ0) is 11.7. The molecule has 1 aromatic heterocycles. The Bertz CT molecular complexity index is 443. The average Bonchev–Trinajstić information content (AvgIpc) is 2.57. The molecule has 0 aromatic carbocycles. The summed E-state index contributed by atoms with van der Waals surface area (Å²) in [7, 11) is 0. The summed E-state index contributed by atoms with van der Waals surface area (Å²) >= 11 is 5.63. The molecule has 1 aliphatic heterocycles. The maximum absolute atomic E-state index is 11.9. The predicted octanol–water partition coefficient (Wildman–Crippen LogP) is 1.88. The van der Waals surface area contributed by atoms with Gasteiger partial charge in [0.1, 0.15) is 0 Å². The number of nitrogens with zero attached hydrogens (tertiary/aromatic N) is 4. The zero-order valence-corrected chi connectivity index (χ0v) is 9.77. The van der Waals surface area contributed by atoms with E-state index in [1.54, 1.807) is 12.1 Å². The molecule has 1 amide bonds. The third-order valence-electron chi connectivity index (χ3n) is 2.50. The van der Waals surface area contributed by atoms with Gasteiger partial charge < -0.3 is 0 Å². The van der Waals surface area contributed by atoms with Gasteiger partial charge in [-0.05, 0) is 25.5 Å². The maximum atomic E-state index is 11.9. The summed E-state index contributed by atoms with van der Waals surface area (Å²) in [5, 5.41) is 13.3. The minimum Gasteiger partial charge on any atom is -0.272 e. The van der Waals surface area contributed by atoms with Crippen molar-refractivity contribution in [3.8, 4) is 0 Å².